The van der Waals surface area contributed by atoms with E-state index < -0.39 is 0 Å². The lowest BCUT2D eigenvalue weighted by atomic mass is 10.1. The molecule has 0 spiro atoms. The van der Waals surface area contributed by atoms with Gasteiger partial charge in [0.25, 0.3) is 0 Å². The van der Waals surface area contributed by atoms with Gasteiger partial charge in [-0.1, -0.05) is 37.3 Å². The number of Topliss-reactive ketones (excluding diaryl/α,β-unsaturated/α-hetero) is 1. The fraction of sp³-hybridized carbons (Fsp3) is 0.267. The third-order valence-electron chi connectivity index (χ3n) is 2.68. The standard InChI is InChI=1S/C15H16OS/c1-2-14-8-9-15(17-14)11-13(16)10-12-6-4-3-5-7-12/h3-9H,2,10-11H2,1H3. The van der Waals surface area contributed by atoms with Crippen molar-refractivity contribution < 1.29 is 4.79 Å². The van der Waals surface area contributed by atoms with E-state index in [4.69, 9.17) is 0 Å². The number of benzene rings is 1. The second-order valence-electron chi connectivity index (χ2n) is 4.10. The van der Waals surface area contributed by atoms with Gasteiger partial charge in [-0.25, -0.2) is 0 Å². The van der Waals surface area contributed by atoms with Crippen molar-refractivity contribution in [2.45, 2.75) is 26.2 Å². The van der Waals surface area contributed by atoms with E-state index >= 15 is 0 Å². The predicted octanol–water partition coefficient (Wildman–Crippen LogP) is 3.66. The Bertz CT molecular complexity index is 485. The number of hydrogen-bond donors (Lipinski definition) is 0. The average Bonchev–Trinajstić information content (AvgIpc) is 2.78. The highest BCUT2D eigenvalue weighted by Crippen LogP contribution is 2.18. The van der Waals surface area contributed by atoms with Crippen LogP contribution >= 0.6 is 11.3 Å². The van der Waals surface area contributed by atoms with Crippen LogP contribution in [0.4, 0.5) is 0 Å². The highest BCUT2D eigenvalue weighted by atomic mass is 32.1. The van der Waals surface area contributed by atoms with Crippen LogP contribution < -0.4 is 0 Å². The number of rotatable bonds is 5. The molecule has 17 heavy (non-hydrogen) atoms. The van der Waals surface area contributed by atoms with Gasteiger partial charge in [0.15, 0.2) is 0 Å². The van der Waals surface area contributed by atoms with Crippen molar-refractivity contribution in [3.63, 3.8) is 0 Å². The molecule has 0 amide bonds. The number of carbonyl (C=O) groups is 1. The molecule has 1 heterocycles. The van der Waals surface area contributed by atoms with E-state index in [1.54, 1.807) is 11.3 Å². The third kappa shape index (κ3) is 3.53. The Hall–Kier alpha value is -1.41. The first-order chi connectivity index (χ1) is 8.28. The number of aryl methyl sites for hydroxylation is 1. The molecule has 0 N–H and O–H groups in total. The van der Waals surface area contributed by atoms with Crippen molar-refractivity contribution in [1.82, 2.24) is 0 Å². The zero-order chi connectivity index (χ0) is 12.1. The maximum atomic E-state index is 11.9. The molecule has 2 aromatic rings. The Labute approximate surface area is 106 Å². The molecular formula is C15H16OS. The van der Waals surface area contributed by atoms with E-state index in [9.17, 15) is 4.79 Å². The molecule has 0 aliphatic heterocycles. The Kier molecular flexibility index (Phi) is 4.10. The summed E-state index contributed by atoms with van der Waals surface area (Å²) in [6.45, 7) is 2.14. The molecule has 2 heteroatoms. The second-order valence-corrected chi connectivity index (χ2v) is 5.35. The van der Waals surface area contributed by atoms with Crippen molar-refractivity contribution in [2.24, 2.45) is 0 Å². The number of carbonyl (C=O) groups excluding carboxylic acids is 1. The first kappa shape index (κ1) is 12.1. The molecule has 0 saturated heterocycles. The minimum atomic E-state index is 0.292. The molecule has 2 rings (SSSR count). The van der Waals surface area contributed by atoms with Crippen molar-refractivity contribution >= 4 is 17.1 Å². The van der Waals surface area contributed by atoms with Crippen LogP contribution in [0.25, 0.3) is 0 Å². The molecule has 0 bridgehead atoms. The number of ketones is 1. The lowest BCUT2D eigenvalue weighted by molar-refractivity contribution is -0.117. The SMILES string of the molecule is CCc1ccc(CC(=O)Cc2ccccc2)s1. The molecule has 1 aromatic carbocycles. The quantitative estimate of drug-likeness (QED) is 0.784. The van der Waals surface area contributed by atoms with E-state index in [0.29, 0.717) is 18.6 Å². The molecule has 0 aliphatic carbocycles. The van der Waals surface area contributed by atoms with Crippen LogP contribution in [-0.4, -0.2) is 5.78 Å². The van der Waals surface area contributed by atoms with Crippen LogP contribution in [0.3, 0.4) is 0 Å². The summed E-state index contributed by atoms with van der Waals surface area (Å²) in [5, 5.41) is 0. The van der Waals surface area contributed by atoms with E-state index in [1.807, 2.05) is 30.3 Å². The highest BCUT2D eigenvalue weighted by Gasteiger charge is 2.07. The van der Waals surface area contributed by atoms with Crippen molar-refractivity contribution in [3.05, 3.63) is 57.8 Å². The molecule has 0 atom stereocenters. The summed E-state index contributed by atoms with van der Waals surface area (Å²) in [5.74, 6) is 0.292. The first-order valence-electron chi connectivity index (χ1n) is 5.91. The summed E-state index contributed by atoms with van der Waals surface area (Å²) in [5.41, 5.74) is 1.10. The summed E-state index contributed by atoms with van der Waals surface area (Å²) < 4.78 is 0. The molecule has 88 valence electrons. The molecule has 0 unspecified atom stereocenters. The second kappa shape index (κ2) is 5.78. The van der Waals surface area contributed by atoms with Crippen LogP contribution in [0, 0.1) is 0 Å². The van der Waals surface area contributed by atoms with Gasteiger partial charge in [0.2, 0.25) is 0 Å². The molecule has 0 fully saturated rings. The number of hydrogen-bond acceptors (Lipinski definition) is 2. The molecule has 0 saturated carbocycles. The van der Waals surface area contributed by atoms with Crippen LogP contribution in [0.5, 0.6) is 0 Å². The zero-order valence-electron chi connectivity index (χ0n) is 9.98. The Balaban J connectivity index is 1.93. The summed E-state index contributed by atoms with van der Waals surface area (Å²) >= 11 is 1.75. The fourth-order valence-corrected chi connectivity index (χ4v) is 2.77. The van der Waals surface area contributed by atoms with Gasteiger partial charge in [0, 0.05) is 22.6 Å². The lowest BCUT2D eigenvalue weighted by Gasteiger charge is -1.99. The van der Waals surface area contributed by atoms with Crippen molar-refractivity contribution in [1.29, 1.82) is 0 Å². The van der Waals surface area contributed by atoms with E-state index in [0.717, 1.165) is 12.0 Å². The molecule has 0 aliphatic rings. The van der Waals surface area contributed by atoms with Gasteiger partial charge in [-0.2, -0.15) is 0 Å². The monoisotopic (exact) mass is 244 g/mol. The third-order valence-corrected chi connectivity index (χ3v) is 3.91. The van der Waals surface area contributed by atoms with Crippen LogP contribution in [0.1, 0.15) is 22.2 Å². The van der Waals surface area contributed by atoms with Gasteiger partial charge in [-0.15, -0.1) is 11.3 Å². The molecular weight excluding hydrogens is 228 g/mol. The zero-order valence-corrected chi connectivity index (χ0v) is 10.8. The largest absolute Gasteiger partial charge is 0.299 e. The van der Waals surface area contributed by atoms with E-state index in [-0.39, 0.29) is 0 Å². The van der Waals surface area contributed by atoms with Gasteiger partial charge < -0.3 is 0 Å². The Morgan fingerprint density at radius 2 is 1.71 bits per heavy atom. The van der Waals surface area contributed by atoms with Crippen LogP contribution in [0.2, 0.25) is 0 Å². The minimum Gasteiger partial charge on any atom is -0.299 e. The smallest absolute Gasteiger partial charge is 0.142 e. The lowest BCUT2D eigenvalue weighted by Crippen LogP contribution is -2.05. The Morgan fingerprint density at radius 3 is 2.35 bits per heavy atom. The average molecular weight is 244 g/mol. The predicted molar refractivity (Wildman–Crippen MR) is 72.6 cm³/mol. The van der Waals surface area contributed by atoms with Gasteiger partial charge in [0.05, 0.1) is 0 Å². The molecule has 1 nitrogen and oxygen atoms in total. The van der Waals surface area contributed by atoms with E-state index in [2.05, 4.69) is 19.1 Å². The first-order valence-corrected chi connectivity index (χ1v) is 6.73. The summed E-state index contributed by atoms with van der Waals surface area (Å²) in [4.78, 5) is 14.4. The van der Waals surface area contributed by atoms with Crippen LogP contribution in [-0.2, 0) is 24.1 Å². The maximum Gasteiger partial charge on any atom is 0.142 e. The van der Waals surface area contributed by atoms with Crippen LogP contribution in [0.15, 0.2) is 42.5 Å². The topological polar surface area (TPSA) is 17.1 Å². The molecule has 0 radical (unpaired) electrons. The summed E-state index contributed by atoms with van der Waals surface area (Å²) in [6, 6.07) is 14.1. The summed E-state index contributed by atoms with van der Waals surface area (Å²) in [6.07, 6.45) is 2.16. The maximum absolute atomic E-state index is 11.9. The Morgan fingerprint density at radius 1 is 1.00 bits per heavy atom. The number of thiophene rings is 1. The van der Waals surface area contributed by atoms with Crippen molar-refractivity contribution in [2.75, 3.05) is 0 Å². The van der Waals surface area contributed by atoms with Crippen molar-refractivity contribution in [3.8, 4) is 0 Å². The normalized spacial score (nSPS) is 10.4. The molecule has 1 aromatic heterocycles. The minimum absolute atomic E-state index is 0.292. The summed E-state index contributed by atoms with van der Waals surface area (Å²) in [7, 11) is 0. The van der Waals surface area contributed by atoms with E-state index in [1.165, 1.54) is 9.75 Å². The van der Waals surface area contributed by atoms with Gasteiger partial charge in [0.1, 0.15) is 5.78 Å². The van der Waals surface area contributed by atoms with Gasteiger partial charge >= 0.3 is 0 Å². The fourth-order valence-electron chi connectivity index (χ4n) is 1.79. The van der Waals surface area contributed by atoms with Gasteiger partial charge in [-0.05, 0) is 24.1 Å². The highest BCUT2D eigenvalue weighted by molar-refractivity contribution is 7.12. The van der Waals surface area contributed by atoms with Gasteiger partial charge in [-0.3, -0.25) is 4.79 Å².